The average molecular weight is 222 g/mol. The number of carbonyl (C=O) groups is 1. The van der Waals surface area contributed by atoms with E-state index in [1.54, 1.807) is 13.8 Å². The van der Waals surface area contributed by atoms with E-state index >= 15 is 0 Å². The van der Waals surface area contributed by atoms with Crippen molar-refractivity contribution in [1.82, 2.24) is 0 Å². The summed E-state index contributed by atoms with van der Waals surface area (Å²) in [6, 6.07) is 9.13. The average Bonchev–Trinajstić information content (AvgIpc) is 2.17. The second kappa shape index (κ2) is 5.12. The molecule has 16 heavy (non-hydrogen) atoms. The molecule has 0 aliphatic rings. The predicted molar refractivity (Wildman–Crippen MR) is 62.4 cm³/mol. The Bertz CT molecular complexity index is 338. The number of benzene rings is 1. The third-order valence-corrected chi connectivity index (χ3v) is 2.54. The third-order valence-electron chi connectivity index (χ3n) is 2.54. The molecule has 0 saturated heterocycles. The molecule has 1 atom stereocenters. The second-order valence-corrected chi connectivity index (χ2v) is 4.65. The standard InChI is InChI=1S/C13H18O3/c1-13(2,16)9-8-11(12(14)15)10-6-4-3-5-7-10/h3-7,11,16H,8-9H2,1-2H3,(H,14,15). The minimum Gasteiger partial charge on any atom is -0.481 e. The van der Waals surface area contributed by atoms with Gasteiger partial charge in [-0.25, -0.2) is 0 Å². The molecule has 1 aromatic rings. The quantitative estimate of drug-likeness (QED) is 0.804. The molecule has 0 bridgehead atoms. The first kappa shape index (κ1) is 12.7. The SMILES string of the molecule is CC(C)(O)CCC(C(=O)O)c1ccccc1. The van der Waals surface area contributed by atoms with Crippen molar-refractivity contribution in [2.75, 3.05) is 0 Å². The monoisotopic (exact) mass is 222 g/mol. The molecule has 0 aliphatic carbocycles. The van der Waals surface area contributed by atoms with Gasteiger partial charge in [-0.3, -0.25) is 4.79 Å². The summed E-state index contributed by atoms with van der Waals surface area (Å²) in [4.78, 5) is 11.1. The van der Waals surface area contributed by atoms with Crippen molar-refractivity contribution in [3.05, 3.63) is 35.9 Å². The van der Waals surface area contributed by atoms with Crippen LogP contribution in [-0.2, 0) is 4.79 Å². The van der Waals surface area contributed by atoms with E-state index in [0.717, 1.165) is 5.56 Å². The van der Waals surface area contributed by atoms with Crippen molar-refractivity contribution in [2.45, 2.75) is 38.2 Å². The van der Waals surface area contributed by atoms with Gasteiger partial charge in [-0.15, -0.1) is 0 Å². The normalized spacial score (nSPS) is 13.4. The van der Waals surface area contributed by atoms with Gasteiger partial charge in [0.2, 0.25) is 0 Å². The summed E-state index contributed by atoms with van der Waals surface area (Å²) < 4.78 is 0. The van der Waals surface area contributed by atoms with Crippen molar-refractivity contribution in [3.63, 3.8) is 0 Å². The smallest absolute Gasteiger partial charge is 0.310 e. The van der Waals surface area contributed by atoms with Gasteiger partial charge in [0.1, 0.15) is 0 Å². The molecule has 0 radical (unpaired) electrons. The summed E-state index contributed by atoms with van der Waals surface area (Å²) in [5, 5.41) is 18.7. The van der Waals surface area contributed by atoms with E-state index in [9.17, 15) is 9.90 Å². The van der Waals surface area contributed by atoms with E-state index in [1.165, 1.54) is 0 Å². The molecule has 3 nitrogen and oxygen atoms in total. The Balaban J connectivity index is 2.74. The van der Waals surface area contributed by atoms with E-state index in [-0.39, 0.29) is 0 Å². The molecule has 0 aliphatic heterocycles. The maximum Gasteiger partial charge on any atom is 0.310 e. The van der Waals surface area contributed by atoms with Crippen LogP contribution in [0.25, 0.3) is 0 Å². The minimum absolute atomic E-state index is 0.447. The summed E-state index contributed by atoms with van der Waals surface area (Å²) in [7, 11) is 0. The molecule has 88 valence electrons. The highest BCUT2D eigenvalue weighted by molar-refractivity contribution is 5.75. The number of aliphatic hydroxyl groups is 1. The van der Waals surface area contributed by atoms with Crippen LogP contribution in [0.3, 0.4) is 0 Å². The van der Waals surface area contributed by atoms with Crippen LogP contribution in [0.4, 0.5) is 0 Å². The lowest BCUT2D eigenvalue weighted by atomic mass is 9.90. The highest BCUT2D eigenvalue weighted by atomic mass is 16.4. The van der Waals surface area contributed by atoms with Crippen molar-refractivity contribution >= 4 is 5.97 Å². The van der Waals surface area contributed by atoms with E-state index < -0.39 is 17.5 Å². The Morgan fingerprint density at radius 2 is 1.88 bits per heavy atom. The molecule has 3 heteroatoms. The zero-order chi connectivity index (χ0) is 12.2. The number of aliphatic carboxylic acids is 1. The number of rotatable bonds is 5. The van der Waals surface area contributed by atoms with Crippen LogP contribution in [0.2, 0.25) is 0 Å². The van der Waals surface area contributed by atoms with E-state index in [2.05, 4.69) is 0 Å². The van der Waals surface area contributed by atoms with Crippen LogP contribution >= 0.6 is 0 Å². The molecule has 1 aromatic carbocycles. The summed E-state index contributed by atoms with van der Waals surface area (Å²) in [6.07, 6.45) is 0.918. The molecule has 2 N–H and O–H groups in total. The maximum atomic E-state index is 11.1. The first-order chi connectivity index (χ1) is 7.40. The number of carboxylic acid groups (broad SMARTS) is 1. The molecule has 0 amide bonds. The predicted octanol–water partition coefficient (Wildman–Crippen LogP) is 2.41. The summed E-state index contributed by atoms with van der Waals surface area (Å²) in [6.45, 7) is 3.38. The van der Waals surface area contributed by atoms with Crippen molar-refractivity contribution < 1.29 is 15.0 Å². The summed E-state index contributed by atoms with van der Waals surface area (Å²) in [5.41, 5.74) is -0.0260. The first-order valence-corrected chi connectivity index (χ1v) is 5.40. The minimum atomic E-state index is -0.838. The fourth-order valence-corrected chi connectivity index (χ4v) is 1.62. The molecule has 0 saturated carbocycles. The Hall–Kier alpha value is -1.35. The molecule has 0 spiro atoms. The fourth-order valence-electron chi connectivity index (χ4n) is 1.62. The highest BCUT2D eigenvalue weighted by Crippen LogP contribution is 2.24. The van der Waals surface area contributed by atoms with E-state index in [1.807, 2.05) is 30.3 Å². The second-order valence-electron chi connectivity index (χ2n) is 4.65. The lowest BCUT2D eigenvalue weighted by molar-refractivity contribution is -0.139. The van der Waals surface area contributed by atoms with Crippen molar-refractivity contribution in [3.8, 4) is 0 Å². The van der Waals surface area contributed by atoms with Crippen molar-refractivity contribution in [1.29, 1.82) is 0 Å². The highest BCUT2D eigenvalue weighted by Gasteiger charge is 2.23. The van der Waals surface area contributed by atoms with Gasteiger partial charge in [-0.1, -0.05) is 30.3 Å². The Morgan fingerprint density at radius 1 is 1.31 bits per heavy atom. The molecule has 1 rings (SSSR count). The number of hydrogen-bond acceptors (Lipinski definition) is 2. The lowest BCUT2D eigenvalue weighted by Gasteiger charge is -2.20. The van der Waals surface area contributed by atoms with Crippen LogP contribution in [0.15, 0.2) is 30.3 Å². The molecular weight excluding hydrogens is 204 g/mol. The van der Waals surface area contributed by atoms with Gasteiger partial charge in [0.15, 0.2) is 0 Å². The van der Waals surface area contributed by atoms with Gasteiger partial charge in [-0.2, -0.15) is 0 Å². The van der Waals surface area contributed by atoms with Gasteiger partial charge in [0, 0.05) is 0 Å². The van der Waals surface area contributed by atoms with Gasteiger partial charge in [-0.05, 0) is 32.3 Å². The molecule has 0 aromatic heterocycles. The zero-order valence-corrected chi connectivity index (χ0v) is 9.68. The van der Waals surface area contributed by atoms with Gasteiger partial charge >= 0.3 is 5.97 Å². The topological polar surface area (TPSA) is 57.5 Å². The van der Waals surface area contributed by atoms with Crippen LogP contribution in [0.1, 0.15) is 38.2 Å². The summed E-state index contributed by atoms with van der Waals surface area (Å²) >= 11 is 0. The van der Waals surface area contributed by atoms with Crippen LogP contribution in [-0.4, -0.2) is 21.8 Å². The van der Waals surface area contributed by atoms with Crippen LogP contribution < -0.4 is 0 Å². The molecule has 0 fully saturated rings. The Kier molecular flexibility index (Phi) is 4.07. The molecule has 1 unspecified atom stereocenters. The molecule has 0 heterocycles. The van der Waals surface area contributed by atoms with Gasteiger partial charge in [0.25, 0.3) is 0 Å². The largest absolute Gasteiger partial charge is 0.481 e. The fraction of sp³-hybridized carbons (Fsp3) is 0.462. The van der Waals surface area contributed by atoms with Crippen molar-refractivity contribution in [2.24, 2.45) is 0 Å². The van der Waals surface area contributed by atoms with Gasteiger partial charge in [0.05, 0.1) is 11.5 Å². The zero-order valence-electron chi connectivity index (χ0n) is 9.68. The number of hydrogen-bond donors (Lipinski definition) is 2. The lowest BCUT2D eigenvalue weighted by Crippen LogP contribution is -2.21. The maximum absolute atomic E-state index is 11.1. The van der Waals surface area contributed by atoms with Gasteiger partial charge < -0.3 is 10.2 Å². The van der Waals surface area contributed by atoms with Crippen LogP contribution in [0, 0.1) is 0 Å². The van der Waals surface area contributed by atoms with E-state index in [4.69, 9.17) is 5.11 Å². The Morgan fingerprint density at radius 3 is 2.31 bits per heavy atom. The number of carboxylic acids is 1. The summed E-state index contributed by atoms with van der Waals surface area (Å²) in [5.74, 6) is -1.37. The Labute approximate surface area is 95.7 Å². The van der Waals surface area contributed by atoms with Crippen LogP contribution in [0.5, 0.6) is 0 Å². The van der Waals surface area contributed by atoms with E-state index in [0.29, 0.717) is 12.8 Å². The first-order valence-electron chi connectivity index (χ1n) is 5.40. The third kappa shape index (κ3) is 4.03. The molecular formula is C13H18O3.